The van der Waals surface area contributed by atoms with Gasteiger partial charge in [0.2, 0.25) is 0 Å². The van der Waals surface area contributed by atoms with Crippen molar-refractivity contribution in [1.29, 1.82) is 0 Å². The van der Waals surface area contributed by atoms with Gasteiger partial charge in [-0.25, -0.2) is 0 Å². The number of aromatic nitrogens is 4. The molecule has 116 valence electrons. The maximum atomic E-state index is 13.1. The van der Waals surface area contributed by atoms with E-state index >= 15 is 0 Å². The molecule has 2 aliphatic rings. The van der Waals surface area contributed by atoms with Crippen LogP contribution >= 0.6 is 0 Å². The first kappa shape index (κ1) is 13.6. The topological polar surface area (TPSA) is 72.6 Å². The first-order valence-corrected chi connectivity index (χ1v) is 7.87. The lowest BCUT2D eigenvalue weighted by Gasteiger charge is -2.49. The molecule has 1 aliphatic carbocycles. The Morgan fingerprint density at radius 3 is 3.00 bits per heavy atom. The van der Waals surface area contributed by atoms with Gasteiger partial charge in [-0.1, -0.05) is 19.3 Å². The third kappa shape index (κ3) is 2.08. The number of ether oxygens (including phenoxy) is 1. The molecule has 3 heterocycles. The zero-order valence-electron chi connectivity index (χ0n) is 12.4. The highest BCUT2D eigenvalue weighted by Gasteiger charge is 2.43. The fourth-order valence-electron chi connectivity index (χ4n) is 3.75. The van der Waals surface area contributed by atoms with Crippen molar-refractivity contribution in [2.24, 2.45) is 0 Å². The van der Waals surface area contributed by atoms with Crippen molar-refractivity contribution in [3.05, 3.63) is 23.9 Å². The standard InChI is InChI=1S/C15H19N5O2/c21-14(12-5-4-8-20-13(12)16-17-18-20)19-9-10-22-11-15(19)6-2-1-3-7-15/h4-5,8H,1-3,6-7,9-11H2. The molecule has 0 bridgehead atoms. The second-order valence-corrected chi connectivity index (χ2v) is 6.16. The Hall–Kier alpha value is -2.02. The molecule has 1 aliphatic heterocycles. The molecule has 0 atom stereocenters. The molecule has 0 radical (unpaired) electrons. The molecular formula is C15H19N5O2. The Bertz CT molecular complexity index is 684. The van der Waals surface area contributed by atoms with Crippen LogP contribution in [0.15, 0.2) is 18.3 Å². The molecule has 0 aromatic carbocycles. The molecule has 2 aromatic heterocycles. The van der Waals surface area contributed by atoms with E-state index in [9.17, 15) is 4.79 Å². The van der Waals surface area contributed by atoms with E-state index in [0.717, 1.165) is 25.7 Å². The molecule has 22 heavy (non-hydrogen) atoms. The fourth-order valence-corrected chi connectivity index (χ4v) is 3.75. The molecule has 1 spiro atoms. The number of carbonyl (C=O) groups is 1. The Morgan fingerprint density at radius 2 is 2.14 bits per heavy atom. The van der Waals surface area contributed by atoms with Crippen molar-refractivity contribution < 1.29 is 9.53 Å². The van der Waals surface area contributed by atoms with Crippen LogP contribution in [0.2, 0.25) is 0 Å². The van der Waals surface area contributed by atoms with Crippen molar-refractivity contribution in [2.75, 3.05) is 19.8 Å². The van der Waals surface area contributed by atoms with Crippen molar-refractivity contribution in [2.45, 2.75) is 37.6 Å². The number of hydrogen-bond acceptors (Lipinski definition) is 5. The number of rotatable bonds is 1. The molecular weight excluding hydrogens is 282 g/mol. The van der Waals surface area contributed by atoms with Crippen LogP contribution in [0.4, 0.5) is 0 Å². The summed E-state index contributed by atoms with van der Waals surface area (Å²) < 4.78 is 7.26. The van der Waals surface area contributed by atoms with Crippen LogP contribution in [0.3, 0.4) is 0 Å². The largest absolute Gasteiger partial charge is 0.377 e. The van der Waals surface area contributed by atoms with Gasteiger partial charge in [0.25, 0.3) is 5.91 Å². The molecule has 0 N–H and O–H groups in total. The number of carbonyl (C=O) groups excluding carboxylic acids is 1. The first-order chi connectivity index (χ1) is 10.8. The molecule has 7 heteroatoms. The van der Waals surface area contributed by atoms with Crippen LogP contribution in [-0.4, -0.2) is 56.1 Å². The van der Waals surface area contributed by atoms with Gasteiger partial charge in [-0.05, 0) is 35.4 Å². The van der Waals surface area contributed by atoms with Gasteiger partial charge in [0, 0.05) is 12.7 Å². The van der Waals surface area contributed by atoms with Crippen LogP contribution in [0, 0.1) is 0 Å². The minimum Gasteiger partial charge on any atom is -0.377 e. The highest BCUT2D eigenvalue weighted by molar-refractivity contribution is 6.00. The maximum absolute atomic E-state index is 13.1. The Labute approximate surface area is 128 Å². The number of fused-ring (bicyclic) bond motifs is 1. The summed E-state index contributed by atoms with van der Waals surface area (Å²) in [6, 6.07) is 3.62. The Morgan fingerprint density at radius 1 is 1.27 bits per heavy atom. The van der Waals surface area contributed by atoms with Crippen molar-refractivity contribution >= 4 is 11.6 Å². The molecule has 2 fully saturated rings. The van der Waals surface area contributed by atoms with Gasteiger partial charge < -0.3 is 9.64 Å². The molecule has 1 amide bonds. The average molecular weight is 301 g/mol. The van der Waals surface area contributed by atoms with Gasteiger partial charge in [-0.3, -0.25) is 4.79 Å². The van der Waals surface area contributed by atoms with E-state index < -0.39 is 0 Å². The molecule has 0 unspecified atom stereocenters. The second-order valence-electron chi connectivity index (χ2n) is 6.16. The number of tetrazole rings is 1. The molecule has 4 rings (SSSR count). The SMILES string of the molecule is O=C(c1cccn2nnnc12)N1CCOCC12CCCCC2. The van der Waals surface area contributed by atoms with Crippen LogP contribution in [-0.2, 0) is 4.74 Å². The summed E-state index contributed by atoms with van der Waals surface area (Å²) in [5.41, 5.74) is 0.942. The lowest BCUT2D eigenvalue weighted by Crippen LogP contribution is -2.59. The lowest BCUT2D eigenvalue weighted by molar-refractivity contribution is -0.0681. The number of hydrogen-bond donors (Lipinski definition) is 0. The normalized spacial score (nSPS) is 21.4. The summed E-state index contributed by atoms with van der Waals surface area (Å²) in [5.74, 6) is 0.0191. The number of pyridine rings is 1. The highest BCUT2D eigenvalue weighted by atomic mass is 16.5. The minimum absolute atomic E-state index is 0.0191. The molecule has 1 saturated carbocycles. The number of morpholine rings is 1. The van der Waals surface area contributed by atoms with E-state index in [1.807, 2.05) is 11.0 Å². The molecule has 1 saturated heterocycles. The van der Waals surface area contributed by atoms with Crippen molar-refractivity contribution in [3.63, 3.8) is 0 Å². The zero-order chi connectivity index (χ0) is 15.0. The predicted octanol–water partition coefficient (Wildman–Crippen LogP) is 1.30. The Kier molecular flexibility index (Phi) is 3.29. The lowest BCUT2D eigenvalue weighted by atomic mass is 9.80. The van der Waals surface area contributed by atoms with E-state index in [-0.39, 0.29) is 11.4 Å². The van der Waals surface area contributed by atoms with E-state index in [0.29, 0.717) is 31.0 Å². The predicted molar refractivity (Wildman–Crippen MR) is 78.5 cm³/mol. The van der Waals surface area contributed by atoms with Crippen LogP contribution in [0.25, 0.3) is 5.65 Å². The fraction of sp³-hybridized carbons (Fsp3) is 0.600. The van der Waals surface area contributed by atoms with E-state index in [2.05, 4.69) is 15.5 Å². The summed E-state index contributed by atoms with van der Waals surface area (Å²) in [7, 11) is 0. The van der Waals surface area contributed by atoms with E-state index in [4.69, 9.17) is 4.74 Å². The van der Waals surface area contributed by atoms with Gasteiger partial charge in [-0.15, -0.1) is 5.10 Å². The average Bonchev–Trinajstić information content (AvgIpc) is 3.04. The number of amides is 1. The smallest absolute Gasteiger partial charge is 0.258 e. The van der Waals surface area contributed by atoms with Crippen molar-refractivity contribution in [3.8, 4) is 0 Å². The minimum atomic E-state index is -0.145. The van der Waals surface area contributed by atoms with E-state index in [1.165, 1.54) is 6.42 Å². The second kappa shape index (κ2) is 5.31. The van der Waals surface area contributed by atoms with Gasteiger partial charge in [0.1, 0.15) is 0 Å². The number of nitrogens with zero attached hydrogens (tertiary/aromatic N) is 5. The zero-order valence-corrected chi connectivity index (χ0v) is 12.4. The highest BCUT2D eigenvalue weighted by Crippen LogP contribution is 2.36. The quantitative estimate of drug-likeness (QED) is 0.794. The van der Waals surface area contributed by atoms with Gasteiger partial charge >= 0.3 is 0 Å². The summed E-state index contributed by atoms with van der Waals surface area (Å²) in [5, 5.41) is 11.5. The summed E-state index contributed by atoms with van der Waals surface area (Å²) in [6.45, 7) is 1.88. The molecule has 2 aromatic rings. The maximum Gasteiger partial charge on any atom is 0.258 e. The summed E-state index contributed by atoms with van der Waals surface area (Å²) in [4.78, 5) is 15.2. The van der Waals surface area contributed by atoms with Crippen LogP contribution in [0.5, 0.6) is 0 Å². The van der Waals surface area contributed by atoms with Gasteiger partial charge in [0.15, 0.2) is 5.65 Å². The van der Waals surface area contributed by atoms with Crippen LogP contribution < -0.4 is 0 Å². The first-order valence-electron chi connectivity index (χ1n) is 7.87. The van der Waals surface area contributed by atoms with Crippen LogP contribution in [0.1, 0.15) is 42.5 Å². The third-order valence-electron chi connectivity index (χ3n) is 4.89. The Balaban J connectivity index is 1.72. The summed E-state index contributed by atoms with van der Waals surface area (Å²) >= 11 is 0. The van der Waals surface area contributed by atoms with Crippen molar-refractivity contribution in [1.82, 2.24) is 24.9 Å². The van der Waals surface area contributed by atoms with E-state index in [1.54, 1.807) is 16.8 Å². The van der Waals surface area contributed by atoms with Gasteiger partial charge in [-0.2, -0.15) is 4.52 Å². The van der Waals surface area contributed by atoms with Gasteiger partial charge in [0.05, 0.1) is 24.3 Å². The monoisotopic (exact) mass is 301 g/mol. The molecule has 7 nitrogen and oxygen atoms in total. The third-order valence-corrected chi connectivity index (χ3v) is 4.89. The summed E-state index contributed by atoms with van der Waals surface area (Å²) in [6.07, 6.45) is 7.35.